The Morgan fingerprint density at radius 1 is 1.18 bits per heavy atom. The van der Waals surface area contributed by atoms with E-state index in [2.05, 4.69) is 4.90 Å². The third kappa shape index (κ3) is 1.08. The molecule has 0 spiro atoms. The Labute approximate surface area is 66.6 Å². The number of nitrogens with zero attached hydrogens (tertiary/aromatic N) is 1. The van der Waals surface area contributed by atoms with Crippen LogP contribution in [0.15, 0.2) is 0 Å². The number of fused-ring (bicyclic) bond motifs is 2. The SMILES string of the molecule is CN1[C@H]2CC(O)C[C@H]1[C@@H](O)C2. The predicted molar refractivity (Wildman–Crippen MR) is 41.2 cm³/mol. The lowest BCUT2D eigenvalue weighted by atomic mass is 10.0. The van der Waals surface area contributed by atoms with Crippen molar-refractivity contribution in [3.05, 3.63) is 0 Å². The standard InChI is InChI=1S/C8H15NO2/c1-9-5-2-6(10)4-7(9)8(11)3-5/h5-8,10-11H,2-4H2,1H3/t5-,6?,7-,8-/m0/s1. The first-order valence-electron chi connectivity index (χ1n) is 4.26. The van der Waals surface area contributed by atoms with E-state index in [9.17, 15) is 10.2 Å². The Morgan fingerprint density at radius 3 is 2.55 bits per heavy atom. The minimum absolute atomic E-state index is 0.182. The van der Waals surface area contributed by atoms with Gasteiger partial charge in [0.1, 0.15) is 0 Å². The van der Waals surface area contributed by atoms with Crippen LogP contribution in [0.4, 0.5) is 0 Å². The van der Waals surface area contributed by atoms with Crippen LogP contribution in [-0.2, 0) is 0 Å². The molecule has 64 valence electrons. The molecule has 0 amide bonds. The Kier molecular flexibility index (Phi) is 1.67. The average Bonchev–Trinajstić information content (AvgIpc) is 2.17. The van der Waals surface area contributed by atoms with E-state index < -0.39 is 0 Å². The van der Waals surface area contributed by atoms with Crippen molar-refractivity contribution in [2.75, 3.05) is 7.05 Å². The largest absolute Gasteiger partial charge is 0.393 e. The van der Waals surface area contributed by atoms with Crippen LogP contribution in [-0.4, -0.2) is 46.5 Å². The Balaban J connectivity index is 2.14. The number of rotatable bonds is 0. The zero-order valence-electron chi connectivity index (χ0n) is 6.77. The van der Waals surface area contributed by atoms with Gasteiger partial charge in [-0.15, -0.1) is 0 Å². The summed E-state index contributed by atoms with van der Waals surface area (Å²) in [6, 6.07) is 0.627. The van der Waals surface area contributed by atoms with E-state index in [1.807, 2.05) is 7.05 Å². The molecule has 2 bridgehead atoms. The number of hydrogen-bond donors (Lipinski definition) is 2. The maximum Gasteiger partial charge on any atom is 0.0711 e. The van der Waals surface area contributed by atoms with Crippen molar-refractivity contribution in [1.82, 2.24) is 4.90 Å². The van der Waals surface area contributed by atoms with Crippen molar-refractivity contribution in [3.8, 4) is 0 Å². The van der Waals surface area contributed by atoms with Gasteiger partial charge in [-0.1, -0.05) is 0 Å². The van der Waals surface area contributed by atoms with Gasteiger partial charge in [0, 0.05) is 12.1 Å². The summed E-state index contributed by atoms with van der Waals surface area (Å²) < 4.78 is 0. The maximum absolute atomic E-state index is 9.53. The summed E-state index contributed by atoms with van der Waals surface area (Å²) >= 11 is 0. The van der Waals surface area contributed by atoms with Crippen LogP contribution < -0.4 is 0 Å². The van der Waals surface area contributed by atoms with Crippen LogP contribution in [0.25, 0.3) is 0 Å². The van der Waals surface area contributed by atoms with Crippen LogP contribution in [0.3, 0.4) is 0 Å². The fourth-order valence-electron chi connectivity index (χ4n) is 2.42. The molecule has 0 aromatic carbocycles. The first-order valence-corrected chi connectivity index (χ1v) is 4.26. The highest BCUT2D eigenvalue weighted by atomic mass is 16.3. The van der Waals surface area contributed by atoms with Crippen molar-refractivity contribution in [3.63, 3.8) is 0 Å². The second-order valence-electron chi connectivity index (χ2n) is 3.81. The van der Waals surface area contributed by atoms with E-state index in [-0.39, 0.29) is 18.2 Å². The van der Waals surface area contributed by atoms with E-state index in [4.69, 9.17) is 0 Å². The van der Waals surface area contributed by atoms with Gasteiger partial charge in [-0.25, -0.2) is 0 Å². The number of hydrogen-bond acceptors (Lipinski definition) is 3. The molecule has 1 unspecified atom stereocenters. The number of piperidine rings is 1. The van der Waals surface area contributed by atoms with Crippen LogP contribution in [0.5, 0.6) is 0 Å². The summed E-state index contributed by atoms with van der Waals surface area (Å²) in [6.45, 7) is 0. The second-order valence-corrected chi connectivity index (χ2v) is 3.81. The minimum atomic E-state index is -0.206. The highest BCUT2D eigenvalue weighted by Gasteiger charge is 2.43. The first kappa shape index (κ1) is 7.53. The summed E-state index contributed by atoms with van der Waals surface area (Å²) in [4.78, 5) is 2.21. The van der Waals surface area contributed by atoms with Crippen LogP contribution >= 0.6 is 0 Å². The molecular weight excluding hydrogens is 142 g/mol. The molecule has 4 atom stereocenters. The van der Waals surface area contributed by atoms with Gasteiger partial charge in [-0.05, 0) is 26.3 Å². The van der Waals surface area contributed by atoms with E-state index >= 15 is 0 Å². The van der Waals surface area contributed by atoms with E-state index in [0.717, 1.165) is 19.3 Å². The topological polar surface area (TPSA) is 43.7 Å². The van der Waals surface area contributed by atoms with Crippen LogP contribution in [0, 0.1) is 0 Å². The average molecular weight is 157 g/mol. The zero-order valence-corrected chi connectivity index (χ0v) is 6.77. The molecule has 0 aliphatic carbocycles. The molecule has 2 aliphatic heterocycles. The third-order valence-electron chi connectivity index (χ3n) is 3.11. The monoisotopic (exact) mass is 157 g/mol. The number of aliphatic hydroxyl groups is 2. The van der Waals surface area contributed by atoms with Gasteiger partial charge >= 0.3 is 0 Å². The molecule has 2 heterocycles. The highest BCUT2D eigenvalue weighted by molar-refractivity contribution is 4.98. The fourth-order valence-corrected chi connectivity index (χ4v) is 2.42. The molecule has 2 fully saturated rings. The molecule has 3 heteroatoms. The Bertz CT molecular complexity index is 160. The molecule has 2 rings (SSSR count). The maximum atomic E-state index is 9.53. The molecule has 2 aliphatic rings. The van der Waals surface area contributed by atoms with E-state index in [0.29, 0.717) is 6.04 Å². The second kappa shape index (κ2) is 2.44. The summed E-state index contributed by atoms with van der Waals surface area (Å²) in [5, 5.41) is 18.9. The molecule has 3 nitrogen and oxygen atoms in total. The molecule has 0 aromatic heterocycles. The van der Waals surface area contributed by atoms with E-state index in [1.54, 1.807) is 0 Å². The van der Waals surface area contributed by atoms with Crippen molar-refractivity contribution >= 4 is 0 Å². The molecular formula is C8H15NO2. The van der Waals surface area contributed by atoms with Gasteiger partial charge in [0.15, 0.2) is 0 Å². The van der Waals surface area contributed by atoms with Crippen LogP contribution in [0.2, 0.25) is 0 Å². The van der Waals surface area contributed by atoms with Crippen molar-refractivity contribution < 1.29 is 10.2 Å². The minimum Gasteiger partial charge on any atom is -0.393 e. The summed E-state index contributed by atoms with van der Waals surface area (Å²) in [5.74, 6) is 0. The normalized spacial score (nSPS) is 51.5. The number of aliphatic hydroxyl groups excluding tert-OH is 2. The molecule has 11 heavy (non-hydrogen) atoms. The molecule has 0 radical (unpaired) electrons. The van der Waals surface area contributed by atoms with Crippen LogP contribution in [0.1, 0.15) is 19.3 Å². The highest BCUT2D eigenvalue weighted by Crippen LogP contribution is 2.34. The molecule has 0 saturated carbocycles. The van der Waals surface area contributed by atoms with E-state index in [1.165, 1.54) is 0 Å². The summed E-state index contributed by atoms with van der Waals surface area (Å²) in [6.07, 6.45) is 2.04. The van der Waals surface area contributed by atoms with Gasteiger partial charge in [-0.2, -0.15) is 0 Å². The lowest BCUT2D eigenvalue weighted by Gasteiger charge is -2.34. The van der Waals surface area contributed by atoms with Crippen molar-refractivity contribution in [2.24, 2.45) is 0 Å². The lowest BCUT2D eigenvalue weighted by molar-refractivity contribution is 0.0282. The van der Waals surface area contributed by atoms with Gasteiger partial charge in [0.2, 0.25) is 0 Å². The molecule has 2 saturated heterocycles. The smallest absolute Gasteiger partial charge is 0.0711 e. The number of likely N-dealkylation sites (N-methyl/N-ethyl adjacent to an activating group) is 1. The van der Waals surface area contributed by atoms with Gasteiger partial charge in [0.05, 0.1) is 12.2 Å². The fraction of sp³-hybridized carbons (Fsp3) is 1.00. The van der Waals surface area contributed by atoms with Gasteiger partial charge in [0.25, 0.3) is 0 Å². The summed E-state index contributed by atoms with van der Waals surface area (Å²) in [7, 11) is 2.04. The predicted octanol–water partition coefficient (Wildman–Crippen LogP) is -0.425. The van der Waals surface area contributed by atoms with Crippen molar-refractivity contribution in [1.29, 1.82) is 0 Å². The Morgan fingerprint density at radius 2 is 1.91 bits per heavy atom. The first-order chi connectivity index (χ1) is 5.18. The lowest BCUT2D eigenvalue weighted by Crippen LogP contribution is -2.44. The zero-order chi connectivity index (χ0) is 8.01. The molecule has 2 N–H and O–H groups in total. The van der Waals surface area contributed by atoms with Crippen molar-refractivity contribution in [2.45, 2.75) is 43.6 Å². The quantitative estimate of drug-likeness (QED) is 0.501. The Hall–Kier alpha value is -0.120. The summed E-state index contributed by atoms with van der Waals surface area (Å²) in [5.41, 5.74) is 0. The third-order valence-corrected chi connectivity index (χ3v) is 3.11. The van der Waals surface area contributed by atoms with Gasteiger partial charge in [-0.3, -0.25) is 4.90 Å². The van der Waals surface area contributed by atoms with Gasteiger partial charge < -0.3 is 10.2 Å². The molecule has 0 aromatic rings.